The summed E-state index contributed by atoms with van der Waals surface area (Å²) in [6, 6.07) is 20.2. The average molecular weight is 434 g/mol. The summed E-state index contributed by atoms with van der Waals surface area (Å²) in [6.45, 7) is 1.75. The quantitative estimate of drug-likeness (QED) is 0.434. The Bertz CT molecular complexity index is 1320. The van der Waals surface area contributed by atoms with Gasteiger partial charge in [-0.25, -0.2) is 9.78 Å². The fraction of sp³-hybridized carbons (Fsp3) is 0.0870. The minimum absolute atomic E-state index is 0.314. The molecule has 31 heavy (non-hydrogen) atoms. The number of anilines is 2. The number of urea groups is 1. The van der Waals surface area contributed by atoms with Crippen LogP contribution in [0.4, 0.5) is 16.2 Å². The Hall–Kier alpha value is -3.68. The first kappa shape index (κ1) is 20.6. The molecule has 0 bridgehead atoms. The molecular formula is C23H20ClN5O2. The van der Waals surface area contributed by atoms with Crippen molar-refractivity contribution in [3.63, 3.8) is 0 Å². The summed E-state index contributed by atoms with van der Waals surface area (Å²) >= 11 is 6.28. The lowest BCUT2D eigenvalue weighted by atomic mass is 10.2. The van der Waals surface area contributed by atoms with E-state index in [1.165, 1.54) is 4.57 Å². The van der Waals surface area contributed by atoms with Crippen LogP contribution in [0.25, 0.3) is 16.6 Å². The van der Waals surface area contributed by atoms with Crippen molar-refractivity contribution >= 4 is 39.9 Å². The van der Waals surface area contributed by atoms with Gasteiger partial charge in [0.2, 0.25) is 0 Å². The number of aromatic nitrogens is 2. The molecule has 7 nitrogen and oxygen atoms in total. The summed E-state index contributed by atoms with van der Waals surface area (Å²) in [6.07, 6.45) is 0. The van der Waals surface area contributed by atoms with Gasteiger partial charge in [0.15, 0.2) is 0 Å². The van der Waals surface area contributed by atoms with E-state index < -0.39 is 12.1 Å². The van der Waals surface area contributed by atoms with Crippen molar-refractivity contribution in [2.45, 2.75) is 13.0 Å². The van der Waals surface area contributed by atoms with E-state index in [4.69, 9.17) is 17.3 Å². The van der Waals surface area contributed by atoms with Gasteiger partial charge >= 0.3 is 6.03 Å². The van der Waals surface area contributed by atoms with Gasteiger partial charge in [0.25, 0.3) is 5.56 Å². The number of para-hydroxylation sites is 1. The summed E-state index contributed by atoms with van der Waals surface area (Å²) in [5.41, 5.74) is 7.97. The lowest BCUT2D eigenvalue weighted by Gasteiger charge is -2.17. The number of nitrogens with two attached hydrogens (primary N) is 1. The molecule has 1 unspecified atom stereocenters. The maximum absolute atomic E-state index is 13.3. The second-order valence-corrected chi connectivity index (χ2v) is 7.44. The van der Waals surface area contributed by atoms with Crippen LogP contribution in [0, 0.1) is 0 Å². The number of hydrogen-bond acceptors (Lipinski definition) is 4. The minimum Gasteiger partial charge on any atom is -0.322 e. The van der Waals surface area contributed by atoms with E-state index in [1.807, 2.05) is 18.2 Å². The molecular weight excluding hydrogens is 414 g/mol. The van der Waals surface area contributed by atoms with Crippen molar-refractivity contribution < 1.29 is 4.79 Å². The van der Waals surface area contributed by atoms with Crippen molar-refractivity contribution in [3.05, 3.63) is 94.0 Å². The van der Waals surface area contributed by atoms with Crippen LogP contribution in [0.15, 0.2) is 77.6 Å². The molecule has 4 N–H and O–H groups in total. The van der Waals surface area contributed by atoms with E-state index in [2.05, 4.69) is 15.6 Å². The smallest absolute Gasteiger partial charge is 0.322 e. The highest BCUT2D eigenvalue weighted by atomic mass is 35.5. The van der Waals surface area contributed by atoms with Gasteiger partial charge in [-0.15, -0.1) is 0 Å². The van der Waals surface area contributed by atoms with E-state index in [0.29, 0.717) is 38.8 Å². The zero-order chi connectivity index (χ0) is 22.0. The van der Waals surface area contributed by atoms with Crippen molar-refractivity contribution in [2.24, 2.45) is 5.73 Å². The topological polar surface area (TPSA) is 102 Å². The van der Waals surface area contributed by atoms with Crippen LogP contribution < -0.4 is 21.9 Å². The largest absolute Gasteiger partial charge is 0.323 e. The molecule has 0 saturated heterocycles. The zero-order valence-electron chi connectivity index (χ0n) is 16.7. The predicted molar refractivity (Wildman–Crippen MR) is 124 cm³/mol. The van der Waals surface area contributed by atoms with E-state index >= 15 is 0 Å². The first-order valence-electron chi connectivity index (χ1n) is 9.64. The van der Waals surface area contributed by atoms with Gasteiger partial charge < -0.3 is 16.4 Å². The van der Waals surface area contributed by atoms with Gasteiger partial charge in [-0.3, -0.25) is 9.36 Å². The number of carbonyl (C=O) groups excluding carboxylic acids is 1. The molecule has 0 radical (unpaired) electrons. The molecule has 2 amide bonds. The summed E-state index contributed by atoms with van der Waals surface area (Å²) in [5, 5.41) is 6.16. The summed E-state index contributed by atoms with van der Waals surface area (Å²) < 4.78 is 1.43. The molecule has 1 atom stereocenters. The average Bonchev–Trinajstić information content (AvgIpc) is 2.74. The first-order valence-corrected chi connectivity index (χ1v) is 10.0. The van der Waals surface area contributed by atoms with Crippen LogP contribution in [0.3, 0.4) is 0 Å². The molecule has 4 rings (SSSR count). The Morgan fingerprint density at radius 1 is 1.00 bits per heavy atom. The molecule has 1 aromatic heterocycles. The van der Waals surface area contributed by atoms with Crippen molar-refractivity contribution in [2.75, 3.05) is 10.6 Å². The molecule has 8 heteroatoms. The molecule has 0 spiro atoms. The fourth-order valence-corrected chi connectivity index (χ4v) is 3.55. The normalized spacial score (nSPS) is 11.8. The molecule has 0 aliphatic heterocycles. The number of hydrogen-bond donors (Lipinski definition) is 3. The van der Waals surface area contributed by atoms with Crippen LogP contribution in [0.1, 0.15) is 18.8 Å². The highest BCUT2D eigenvalue weighted by Gasteiger charge is 2.17. The van der Waals surface area contributed by atoms with Gasteiger partial charge in [0.1, 0.15) is 5.82 Å². The standard InChI is InChI=1S/C23H20ClN5O2/c1-14(25)21-28-19-12-6-11-18(24)20(19)22(30)29(21)17-10-5-9-16(13-17)27-23(31)26-15-7-3-2-4-8-15/h2-14H,25H2,1H3,(H2,26,27,31). The maximum Gasteiger partial charge on any atom is 0.323 e. The van der Waals surface area contributed by atoms with E-state index in [-0.39, 0.29) is 5.56 Å². The Morgan fingerprint density at radius 3 is 2.42 bits per heavy atom. The van der Waals surface area contributed by atoms with Crippen LogP contribution in [0.5, 0.6) is 0 Å². The number of nitrogens with one attached hydrogen (secondary N) is 2. The van der Waals surface area contributed by atoms with Gasteiger partial charge in [-0.1, -0.05) is 41.9 Å². The molecule has 0 aliphatic carbocycles. The number of rotatable bonds is 4. The predicted octanol–water partition coefficient (Wildman–Crippen LogP) is 4.70. The number of nitrogens with zero attached hydrogens (tertiary/aromatic N) is 2. The van der Waals surface area contributed by atoms with Crippen LogP contribution >= 0.6 is 11.6 Å². The second kappa shape index (κ2) is 8.59. The Balaban J connectivity index is 1.74. The van der Waals surface area contributed by atoms with E-state index in [0.717, 1.165) is 0 Å². The number of halogens is 1. The van der Waals surface area contributed by atoms with Crippen molar-refractivity contribution in [1.29, 1.82) is 0 Å². The van der Waals surface area contributed by atoms with Gasteiger partial charge in [0, 0.05) is 11.4 Å². The SMILES string of the molecule is CC(N)c1nc2cccc(Cl)c2c(=O)n1-c1cccc(NC(=O)Nc2ccccc2)c1. The van der Waals surface area contributed by atoms with Crippen LogP contribution in [0.2, 0.25) is 5.02 Å². The third-order valence-corrected chi connectivity index (χ3v) is 4.99. The van der Waals surface area contributed by atoms with Gasteiger partial charge in [-0.2, -0.15) is 0 Å². The molecule has 1 heterocycles. The first-order chi connectivity index (χ1) is 14.9. The number of carbonyl (C=O) groups is 1. The number of amides is 2. The van der Waals surface area contributed by atoms with Crippen LogP contribution in [-0.4, -0.2) is 15.6 Å². The van der Waals surface area contributed by atoms with E-state index in [1.54, 1.807) is 61.5 Å². The van der Waals surface area contributed by atoms with Gasteiger partial charge in [-0.05, 0) is 49.4 Å². The lowest BCUT2D eigenvalue weighted by Crippen LogP contribution is -2.28. The summed E-state index contributed by atoms with van der Waals surface area (Å²) in [5.74, 6) is 0.394. The van der Waals surface area contributed by atoms with Crippen LogP contribution in [-0.2, 0) is 0 Å². The van der Waals surface area contributed by atoms with Gasteiger partial charge in [0.05, 0.1) is 27.7 Å². The third kappa shape index (κ3) is 4.28. The third-order valence-electron chi connectivity index (χ3n) is 4.67. The summed E-state index contributed by atoms with van der Waals surface area (Å²) in [4.78, 5) is 30.3. The summed E-state index contributed by atoms with van der Waals surface area (Å²) in [7, 11) is 0. The molecule has 0 fully saturated rings. The monoisotopic (exact) mass is 433 g/mol. The maximum atomic E-state index is 13.3. The van der Waals surface area contributed by atoms with E-state index in [9.17, 15) is 9.59 Å². The molecule has 0 aliphatic rings. The number of benzene rings is 3. The molecule has 156 valence electrons. The Labute approximate surface area is 183 Å². The number of fused-ring (bicyclic) bond motifs is 1. The zero-order valence-corrected chi connectivity index (χ0v) is 17.4. The Morgan fingerprint density at radius 2 is 1.68 bits per heavy atom. The lowest BCUT2D eigenvalue weighted by molar-refractivity contribution is 0.262. The minimum atomic E-state index is -0.505. The second-order valence-electron chi connectivity index (χ2n) is 7.03. The van der Waals surface area contributed by atoms with Crippen molar-refractivity contribution in [1.82, 2.24) is 9.55 Å². The molecule has 0 saturated carbocycles. The molecule has 3 aromatic carbocycles. The highest BCUT2D eigenvalue weighted by molar-refractivity contribution is 6.35. The Kier molecular flexibility index (Phi) is 5.70. The fourth-order valence-electron chi connectivity index (χ4n) is 3.30. The van der Waals surface area contributed by atoms with Crippen molar-refractivity contribution in [3.8, 4) is 5.69 Å². The highest BCUT2D eigenvalue weighted by Crippen LogP contribution is 2.23. The molecule has 4 aromatic rings.